The van der Waals surface area contributed by atoms with Gasteiger partial charge < -0.3 is 0 Å². The summed E-state index contributed by atoms with van der Waals surface area (Å²) in [7, 11) is -3.55. The number of fused-ring (bicyclic) bond motifs is 1. The second kappa shape index (κ2) is 8.99. The van der Waals surface area contributed by atoms with Gasteiger partial charge in [-0.2, -0.15) is 13.9 Å². The van der Waals surface area contributed by atoms with Crippen LogP contribution in [0.1, 0.15) is 11.3 Å². The van der Waals surface area contributed by atoms with E-state index in [0.29, 0.717) is 58.8 Å². The van der Waals surface area contributed by atoms with Crippen LogP contribution in [0.2, 0.25) is 0 Å². The first-order chi connectivity index (χ1) is 16.3. The van der Waals surface area contributed by atoms with Crippen molar-refractivity contribution in [2.75, 3.05) is 26.2 Å². The number of aryl methyl sites for hydroxylation is 1. The average Bonchev–Trinajstić information content (AvgIpc) is 3.25. The summed E-state index contributed by atoms with van der Waals surface area (Å²) in [6, 6.07) is 14.5. The van der Waals surface area contributed by atoms with E-state index in [1.54, 1.807) is 37.3 Å². The van der Waals surface area contributed by atoms with Crippen molar-refractivity contribution in [1.82, 2.24) is 23.8 Å². The molecule has 0 saturated carbocycles. The fourth-order valence-corrected chi connectivity index (χ4v) is 6.59. The van der Waals surface area contributed by atoms with Gasteiger partial charge in [0.15, 0.2) is 0 Å². The molecule has 2 aromatic carbocycles. The third-order valence-electron chi connectivity index (χ3n) is 5.80. The summed E-state index contributed by atoms with van der Waals surface area (Å²) >= 11 is 1.22. The summed E-state index contributed by atoms with van der Waals surface area (Å²) < 4.78 is 42.4. The molecule has 11 heteroatoms. The standard InChI is InChI=1S/C23H22FN5O3S2/c1-16-5-2-3-8-20(16)34(31,32)28-11-9-27(10-12-28)15-19-14-21(30)29-23(25-19)33-22(26-29)17-6-4-7-18(24)13-17/h2-8,13-14H,9-12,15H2,1H3. The third kappa shape index (κ3) is 4.39. The quantitative estimate of drug-likeness (QED) is 0.420. The Morgan fingerprint density at radius 1 is 1.03 bits per heavy atom. The largest absolute Gasteiger partial charge is 0.295 e. The van der Waals surface area contributed by atoms with E-state index in [1.807, 2.05) is 6.07 Å². The first-order valence-electron chi connectivity index (χ1n) is 10.8. The lowest BCUT2D eigenvalue weighted by Crippen LogP contribution is -2.48. The van der Waals surface area contributed by atoms with E-state index in [4.69, 9.17) is 0 Å². The van der Waals surface area contributed by atoms with E-state index in [2.05, 4.69) is 15.0 Å². The van der Waals surface area contributed by atoms with Crippen LogP contribution in [0.5, 0.6) is 0 Å². The van der Waals surface area contributed by atoms with E-state index in [-0.39, 0.29) is 11.4 Å². The van der Waals surface area contributed by atoms with Crippen molar-refractivity contribution in [2.45, 2.75) is 18.4 Å². The molecular weight excluding hydrogens is 477 g/mol. The number of hydrogen-bond acceptors (Lipinski definition) is 7. The highest BCUT2D eigenvalue weighted by Gasteiger charge is 2.29. The lowest BCUT2D eigenvalue weighted by Gasteiger charge is -2.34. The lowest BCUT2D eigenvalue weighted by molar-refractivity contribution is 0.180. The van der Waals surface area contributed by atoms with Crippen molar-refractivity contribution in [2.24, 2.45) is 0 Å². The molecule has 0 spiro atoms. The van der Waals surface area contributed by atoms with E-state index in [1.165, 1.54) is 38.4 Å². The number of piperazine rings is 1. The molecule has 0 radical (unpaired) electrons. The topological polar surface area (TPSA) is 87.9 Å². The van der Waals surface area contributed by atoms with Gasteiger partial charge in [-0.1, -0.05) is 41.7 Å². The van der Waals surface area contributed by atoms with Gasteiger partial charge in [0.25, 0.3) is 5.56 Å². The molecule has 4 aromatic rings. The number of halogens is 1. The summed E-state index contributed by atoms with van der Waals surface area (Å²) in [6.45, 7) is 4.01. The van der Waals surface area contributed by atoms with Gasteiger partial charge >= 0.3 is 0 Å². The van der Waals surface area contributed by atoms with Gasteiger partial charge in [0.1, 0.15) is 10.8 Å². The van der Waals surface area contributed by atoms with E-state index >= 15 is 0 Å². The number of benzene rings is 2. The zero-order chi connectivity index (χ0) is 23.9. The molecule has 0 amide bonds. The van der Waals surface area contributed by atoms with Crippen LogP contribution in [-0.4, -0.2) is 58.4 Å². The average molecular weight is 500 g/mol. The normalized spacial score (nSPS) is 15.7. The highest BCUT2D eigenvalue weighted by Crippen LogP contribution is 2.25. The van der Waals surface area contributed by atoms with Crippen molar-refractivity contribution in [3.8, 4) is 10.6 Å². The molecule has 2 aromatic heterocycles. The highest BCUT2D eigenvalue weighted by atomic mass is 32.2. The van der Waals surface area contributed by atoms with Gasteiger partial charge in [-0.3, -0.25) is 9.69 Å². The minimum atomic E-state index is -3.55. The van der Waals surface area contributed by atoms with Crippen LogP contribution in [0, 0.1) is 12.7 Å². The lowest BCUT2D eigenvalue weighted by atomic mass is 10.2. The van der Waals surface area contributed by atoms with Crippen molar-refractivity contribution in [1.29, 1.82) is 0 Å². The molecule has 0 unspecified atom stereocenters. The second-order valence-electron chi connectivity index (χ2n) is 8.14. The molecule has 8 nitrogen and oxygen atoms in total. The van der Waals surface area contributed by atoms with Gasteiger partial charge in [-0.05, 0) is 30.7 Å². The molecule has 0 atom stereocenters. The van der Waals surface area contributed by atoms with E-state index < -0.39 is 10.0 Å². The Balaban J connectivity index is 1.31. The molecule has 5 rings (SSSR count). The number of rotatable bonds is 5. The van der Waals surface area contributed by atoms with Gasteiger partial charge in [-0.25, -0.2) is 17.8 Å². The number of sulfonamides is 1. The predicted octanol–water partition coefficient (Wildman–Crippen LogP) is 2.77. The van der Waals surface area contributed by atoms with Crippen molar-refractivity contribution in [3.05, 3.63) is 82.0 Å². The molecule has 1 aliphatic heterocycles. The molecule has 1 aliphatic rings. The van der Waals surface area contributed by atoms with Gasteiger partial charge in [0.05, 0.1) is 10.6 Å². The zero-order valence-corrected chi connectivity index (χ0v) is 20.0. The molecule has 34 heavy (non-hydrogen) atoms. The van der Waals surface area contributed by atoms with Gasteiger partial charge in [0, 0.05) is 44.4 Å². The van der Waals surface area contributed by atoms with Crippen LogP contribution in [0.15, 0.2) is 64.3 Å². The van der Waals surface area contributed by atoms with Crippen LogP contribution in [0.25, 0.3) is 15.5 Å². The summed E-state index contributed by atoms with van der Waals surface area (Å²) in [6.07, 6.45) is 0. The summed E-state index contributed by atoms with van der Waals surface area (Å²) in [5.74, 6) is -0.374. The van der Waals surface area contributed by atoms with Gasteiger partial charge in [0.2, 0.25) is 15.0 Å². The summed E-state index contributed by atoms with van der Waals surface area (Å²) in [5, 5.41) is 4.80. The fraction of sp³-hybridized carbons (Fsp3) is 0.261. The molecule has 0 N–H and O–H groups in total. The minimum Gasteiger partial charge on any atom is -0.295 e. The molecule has 0 aliphatic carbocycles. The zero-order valence-electron chi connectivity index (χ0n) is 18.4. The SMILES string of the molecule is Cc1ccccc1S(=O)(=O)N1CCN(Cc2cc(=O)n3nc(-c4cccc(F)c4)sc3n2)CC1. The van der Waals surface area contributed by atoms with Crippen LogP contribution in [0.3, 0.4) is 0 Å². The molecular formula is C23H22FN5O3S2. The number of aromatic nitrogens is 3. The van der Waals surface area contributed by atoms with Gasteiger partial charge in [-0.15, -0.1) is 0 Å². The Morgan fingerprint density at radius 2 is 1.79 bits per heavy atom. The Kier molecular flexibility index (Phi) is 6.02. The van der Waals surface area contributed by atoms with Crippen LogP contribution < -0.4 is 5.56 Å². The van der Waals surface area contributed by atoms with Crippen LogP contribution >= 0.6 is 11.3 Å². The molecule has 1 saturated heterocycles. The van der Waals surface area contributed by atoms with E-state index in [0.717, 1.165) is 5.56 Å². The first-order valence-corrected chi connectivity index (χ1v) is 13.0. The number of nitrogens with zero attached hydrogens (tertiary/aromatic N) is 5. The monoisotopic (exact) mass is 499 g/mol. The maximum Gasteiger partial charge on any atom is 0.275 e. The Hall–Kier alpha value is -2.99. The second-order valence-corrected chi connectivity index (χ2v) is 11.0. The molecule has 3 heterocycles. The predicted molar refractivity (Wildman–Crippen MR) is 128 cm³/mol. The minimum absolute atomic E-state index is 0.306. The van der Waals surface area contributed by atoms with E-state index in [9.17, 15) is 17.6 Å². The van der Waals surface area contributed by atoms with Crippen LogP contribution in [0.4, 0.5) is 4.39 Å². The Morgan fingerprint density at radius 3 is 2.53 bits per heavy atom. The maximum atomic E-state index is 13.6. The Bertz CT molecular complexity index is 1530. The Labute approximate surface area is 200 Å². The van der Waals surface area contributed by atoms with Crippen LogP contribution in [-0.2, 0) is 16.6 Å². The number of hydrogen-bond donors (Lipinski definition) is 0. The third-order valence-corrected chi connectivity index (χ3v) is 8.81. The smallest absolute Gasteiger partial charge is 0.275 e. The molecule has 176 valence electrons. The summed E-state index contributed by atoms with van der Waals surface area (Å²) in [5.41, 5.74) is 1.60. The molecule has 0 bridgehead atoms. The van der Waals surface area contributed by atoms with Crippen molar-refractivity contribution in [3.63, 3.8) is 0 Å². The van der Waals surface area contributed by atoms with Crippen molar-refractivity contribution >= 4 is 26.3 Å². The molecule has 1 fully saturated rings. The van der Waals surface area contributed by atoms with Crippen molar-refractivity contribution < 1.29 is 12.8 Å². The maximum absolute atomic E-state index is 13.6. The fourth-order valence-electron chi connectivity index (χ4n) is 4.02. The summed E-state index contributed by atoms with van der Waals surface area (Å²) in [4.78, 5) is 20.0. The first kappa shape index (κ1) is 22.8. The highest BCUT2D eigenvalue weighted by molar-refractivity contribution is 7.89.